The van der Waals surface area contributed by atoms with Crippen LogP contribution in [0.2, 0.25) is 0 Å². The number of rotatable bonds is 12. The molecule has 0 bridgehead atoms. The average molecular weight is 554 g/mol. The number of carbonyl (C=O) groups excluding carboxylic acids is 2. The third-order valence-electron chi connectivity index (χ3n) is 6.62. The van der Waals surface area contributed by atoms with Crippen LogP contribution in [0.5, 0.6) is 5.75 Å². The van der Waals surface area contributed by atoms with E-state index < -0.39 is 12.2 Å². The summed E-state index contributed by atoms with van der Waals surface area (Å²) in [7, 11) is 0. The van der Waals surface area contributed by atoms with Gasteiger partial charge in [-0.1, -0.05) is 73.7 Å². The van der Waals surface area contributed by atoms with Crippen LogP contribution in [0.3, 0.4) is 0 Å². The van der Waals surface area contributed by atoms with Crippen molar-refractivity contribution < 1.29 is 24.2 Å². The van der Waals surface area contributed by atoms with E-state index in [1.165, 1.54) is 6.08 Å². The highest BCUT2D eigenvalue weighted by molar-refractivity contribution is 6.01. The molecule has 0 fully saturated rings. The fraction of sp³-hybridized carbons (Fsp3) is 0.212. The lowest BCUT2D eigenvalue weighted by atomic mass is 9.93. The van der Waals surface area contributed by atoms with Crippen molar-refractivity contribution in [1.82, 2.24) is 0 Å². The van der Waals surface area contributed by atoms with E-state index >= 15 is 0 Å². The first-order chi connectivity index (χ1) is 19.9. The molecule has 0 spiro atoms. The standard InChI is InChI=1S/C33H35N3O5/c1-23(9-2-7-16-31(38)35-30-14-6-5-13-28(30)34)32(25-17-19-26(20-18-25)40-22-21-37)41-33(39)36-29-15-8-11-24-10-3-4-12-27(24)29/h3-8,10-20,23,32,37H,2,9,21-22,34H2,1H3,(H,35,38)(H,36,39)/b16-7+/t23-,32+/m1/s1. The Bertz CT molecular complexity index is 1480. The van der Waals surface area contributed by atoms with Gasteiger partial charge in [0.15, 0.2) is 0 Å². The Balaban J connectivity index is 1.43. The highest BCUT2D eigenvalue weighted by Crippen LogP contribution is 2.32. The summed E-state index contributed by atoms with van der Waals surface area (Å²) in [5, 5.41) is 16.6. The lowest BCUT2D eigenvalue weighted by Gasteiger charge is -2.25. The highest BCUT2D eigenvalue weighted by Gasteiger charge is 2.24. The van der Waals surface area contributed by atoms with Crippen molar-refractivity contribution in [2.45, 2.75) is 25.9 Å². The van der Waals surface area contributed by atoms with Crippen molar-refractivity contribution in [3.63, 3.8) is 0 Å². The largest absolute Gasteiger partial charge is 0.491 e. The van der Waals surface area contributed by atoms with Gasteiger partial charge in [-0.15, -0.1) is 0 Å². The first-order valence-corrected chi connectivity index (χ1v) is 13.6. The molecule has 0 aromatic heterocycles. The molecule has 0 heterocycles. The minimum atomic E-state index is -0.561. The number of carbonyl (C=O) groups is 2. The second-order valence-electron chi connectivity index (χ2n) is 9.65. The summed E-state index contributed by atoms with van der Waals surface area (Å²) in [6, 6.07) is 27.9. The number of anilines is 3. The second kappa shape index (κ2) is 14.5. The van der Waals surface area contributed by atoms with Gasteiger partial charge in [-0.05, 0) is 66.1 Å². The summed E-state index contributed by atoms with van der Waals surface area (Å²) in [6.07, 6.45) is 3.42. The quantitative estimate of drug-likeness (QED) is 0.114. The molecule has 0 unspecified atom stereocenters. The van der Waals surface area contributed by atoms with Crippen LogP contribution in [-0.2, 0) is 9.53 Å². The number of aliphatic hydroxyl groups is 1. The van der Waals surface area contributed by atoms with Crippen LogP contribution < -0.4 is 21.1 Å². The summed E-state index contributed by atoms with van der Waals surface area (Å²) in [5.74, 6) is 0.272. The maximum absolute atomic E-state index is 13.1. The number of fused-ring (bicyclic) bond motifs is 1. The Labute approximate surface area is 239 Å². The van der Waals surface area contributed by atoms with Gasteiger partial charge in [0.25, 0.3) is 0 Å². The zero-order valence-corrected chi connectivity index (χ0v) is 23.0. The van der Waals surface area contributed by atoms with E-state index in [4.69, 9.17) is 20.3 Å². The summed E-state index contributed by atoms with van der Waals surface area (Å²) in [6.45, 7) is 2.12. The van der Waals surface area contributed by atoms with Crippen molar-refractivity contribution in [3.8, 4) is 5.75 Å². The van der Waals surface area contributed by atoms with E-state index in [1.54, 1.807) is 42.5 Å². The van der Waals surface area contributed by atoms with Crippen LogP contribution >= 0.6 is 0 Å². The Hall–Kier alpha value is -4.82. The molecule has 0 aliphatic rings. The molecular weight excluding hydrogens is 518 g/mol. The maximum Gasteiger partial charge on any atom is 0.412 e. The summed E-state index contributed by atoms with van der Waals surface area (Å²) < 4.78 is 11.5. The second-order valence-corrected chi connectivity index (χ2v) is 9.65. The van der Waals surface area contributed by atoms with Gasteiger partial charge in [-0.3, -0.25) is 10.1 Å². The number of hydrogen-bond donors (Lipinski definition) is 4. The number of ether oxygens (including phenoxy) is 2. The monoisotopic (exact) mass is 553 g/mol. The third kappa shape index (κ3) is 8.33. The smallest absolute Gasteiger partial charge is 0.412 e. The molecule has 4 aromatic carbocycles. The molecule has 4 aromatic rings. The minimum absolute atomic E-state index is 0.0741. The van der Waals surface area contributed by atoms with Gasteiger partial charge in [0.1, 0.15) is 18.5 Å². The third-order valence-corrected chi connectivity index (χ3v) is 6.62. The number of para-hydroxylation sites is 2. The van der Waals surface area contributed by atoms with E-state index in [-0.39, 0.29) is 25.0 Å². The first-order valence-electron chi connectivity index (χ1n) is 13.6. The molecule has 212 valence electrons. The molecule has 2 amide bonds. The van der Waals surface area contributed by atoms with E-state index in [0.717, 1.165) is 16.3 Å². The average Bonchev–Trinajstić information content (AvgIpc) is 2.98. The molecule has 8 heteroatoms. The number of nitrogens with one attached hydrogen (secondary N) is 2. The van der Waals surface area contributed by atoms with Gasteiger partial charge in [0.2, 0.25) is 5.91 Å². The summed E-state index contributed by atoms with van der Waals surface area (Å²) in [4.78, 5) is 25.4. The van der Waals surface area contributed by atoms with Crippen molar-refractivity contribution in [1.29, 1.82) is 0 Å². The zero-order valence-electron chi connectivity index (χ0n) is 23.0. The van der Waals surface area contributed by atoms with Crippen molar-refractivity contribution in [2.75, 3.05) is 29.6 Å². The fourth-order valence-electron chi connectivity index (χ4n) is 4.51. The molecule has 4 rings (SSSR count). The Kier molecular flexibility index (Phi) is 10.3. The molecule has 0 saturated carbocycles. The van der Waals surface area contributed by atoms with Gasteiger partial charge < -0.3 is 25.6 Å². The van der Waals surface area contributed by atoms with Crippen LogP contribution in [-0.4, -0.2) is 30.3 Å². The SMILES string of the molecule is C[C@H](CC/C=C/C(=O)Nc1ccccc1N)[C@H](OC(=O)Nc1cccc2ccccc12)c1ccc(OCCO)cc1. The van der Waals surface area contributed by atoms with Crippen LogP contribution in [0.15, 0.2) is 103 Å². The Morgan fingerprint density at radius 1 is 0.902 bits per heavy atom. The molecule has 0 radical (unpaired) electrons. The van der Waals surface area contributed by atoms with E-state index in [9.17, 15) is 9.59 Å². The predicted octanol–water partition coefficient (Wildman–Crippen LogP) is 6.69. The van der Waals surface area contributed by atoms with Gasteiger partial charge in [0.05, 0.1) is 23.7 Å². The lowest BCUT2D eigenvalue weighted by Crippen LogP contribution is -2.22. The van der Waals surface area contributed by atoms with E-state index in [2.05, 4.69) is 10.6 Å². The number of nitrogens with two attached hydrogens (primary N) is 1. The Morgan fingerprint density at radius 3 is 2.39 bits per heavy atom. The molecule has 8 nitrogen and oxygen atoms in total. The fourth-order valence-corrected chi connectivity index (χ4v) is 4.51. The number of hydrogen-bond acceptors (Lipinski definition) is 6. The van der Waals surface area contributed by atoms with Crippen LogP contribution in [0.25, 0.3) is 10.8 Å². The molecule has 5 N–H and O–H groups in total. The number of nitrogen functional groups attached to an aromatic ring is 1. The van der Waals surface area contributed by atoms with Gasteiger partial charge >= 0.3 is 6.09 Å². The molecule has 41 heavy (non-hydrogen) atoms. The molecular formula is C33H35N3O5. The van der Waals surface area contributed by atoms with E-state index in [0.29, 0.717) is 35.7 Å². The predicted molar refractivity (Wildman–Crippen MR) is 163 cm³/mol. The number of benzene rings is 4. The van der Waals surface area contributed by atoms with Crippen molar-refractivity contribution >= 4 is 39.8 Å². The van der Waals surface area contributed by atoms with Gasteiger partial charge in [0, 0.05) is 5.39 Å². The maximum atomic E-state index is 13.1. The number of allylic oxidation sites excluding steroid dienone is 1. The van der Waals surface area contributed by atoms with Crippen LogP contribution in [0, 0.1) is 5.92 Å². The molecule has 0 saturated heterocycles. The first kappa shape index (κ1) is 29.2. The summed E-state index contributed by atoms with van der Waals surface area (Å²) in [5.41, 5.74) is 8.43. The molecule has 0 aliphatic carbocycles. The zero-order chi connectivity index (χ0) is 29.0. The number of aliphatic hydroxyl groups excluding tert-OH is 1. The summed E-state index contributed by atoms with van der Waals surface area (Å²) >= 11 is 0. The normalized spacial score (nSPS) is 12.5. The topological polar surface area (TPSA) is 123 Å². The lowest BCUT2D eigenvalue weighted by molar-refractivity contribution is -0.111. The van der Waals surface area contributed by atoms with E-state index in [1.807, 2.05) is 61.5 Å². The Morgan fingerprint density at radius 2 is 1.61 bits per heavy atom. The van der Waals surface area contributed by atoms with Gasteiger partial charge in [-0.25, -0.2) is 4.79 Å². The molecule has 2 atom stereocenters. The number of amides is 2. The van der Waals surface area contributed by atoms with Crippen LogP contribution in [0.4, 0.5) is 21.9 Å². The minimum Gasteiger partial charge on any atom is -0.491 e. The molecule has 0 aliphatic heterocycles. The van der Waals surface area contributed by atoms with Gasteiger partial charge in [-0.2, -0.15) is 0 Å². The van der Waals surface area contributed by atoms with Crippen molar-refractivity contribution in [2.24, 2.45) is 5.92 Å². The van der Waals surface area contributed by atoms with Crippen LogP contribution in [0.1, 0.15) is 31.4 Å². The highest BCUT2D eigenvalue weighted by atomic mass is 16.6. The van der Waals surface area contributed by atoms with Crippen molar-refractivity contribution in [3.05, 3.63) is 109 Å².